The molecule has 0 unspecified atom stereocenters. The monoisotopic (exact) mass is 311 g/mol. The van der Waals surface area contributed by atoms with Crippen molar-refractivity contribution in [2.45, 2.75) is 12.8 Å². The van der Waals surface area contributed by atoms with Crippen molar-refractivity contribution in [2.75, 3.05) is 20.1 Å². The van der Waals surface area contributed by atoms with E-state index in [2.05, 4.69) is 28.1 Å². The van der Waals surface area contributed by atoms with Gasteiger partial charge in [-0.1, -0.05) is 21.1 Å². The Balaban J connectivity index is 1.92. The third-order valence-corrected chi connectivity index (χ3v) is 3.55. The minimum Gasteiger partial charge on any atom is -0.337 e. The van der Waals surface area contributed by atoms with E-state index in [0.717, 1.165) is 36.1 Å². The first kappa shape index (κ1) is 13.2. The first-order chi connectivity index (χ1) is 8.65. The largest absolute Gasteiger partial charge is 0.365 e. The molecule has 0 saturated carbocycles. The highest BCUT2D eigenvalue weighted by molar-refractivity contribution is 9.10. The van der Waals surface area contributed by atoms with Gasteiger partial charge in [0.15, 0.2) is 0 Å². The second kappa shape index (κ2) is 6.11. The molecule has 0 bridgehead atoms. The van der Waals surface area contributed by atoms with Crippen molar-refractivity contribution in [1.29, 1.82) is 0 Å². The number of oxime groups is 1. The van der Waals surface area contributed by atoms with Crippen LogP contribution in [-0.4, -0.2) is 31.8 Å². The third kappa shape index (κ3) is 3.65. The zero-order valence-corrected chi connectivity index (χ0v) is 11.9. The Kier molecular flexibility index (Phi) is 4.49. The van der Waals surface area contributed by atoms with Gasteiger partial charge in [-0.05, 0) is 24.3 Å². The van der Waals surface area contributed by atoms with E-state index in [1.807, 2.05) is 12.1 Å². The molecule has 0 aliphatic carbocycles. The zero-order valence-electron chi connectivity index (χ0n) is 10.3. The van der Waals surface area contributed by atoms with Crippen LogP contribution in [0.25, 0.3) is 0 Å². The van der Waals surface area contributed by atoms with E-state index in [1.54, 1.807) is 12.1 Å². The minimum atomic E-state index is -0.402. The highest BCUT2D eigenvalue weighted by atomic mass is 79.9. The van der Waals surface area contributed by atoms with Crippen molar-refractivity contribution in [1.82, 2.24) is 0 Å². The molecule has 18 heavy (non-hydrogen) atoms. The van der Waals surface area contributed by atoms with Gasteiger partial charge in [0.2, 0.25) is 0 Å². The highest BCUT2D eigenvalue weighted by Gasteiger charge is 2.15. The predicted molar refractivity (Wildman–Crippen MR) is 72.8 cm³/mol. The second-order valence-corrected chi connectivity index (χ2v) is 5.42. The summed E-state index contributed by atoms with van der Waals surface area (Å²) in [5, 5.41) is 3.96. The van der Waals surface area contributed by atoms with Gasteiger partial charge >= 0.3 is 5.97 Å². The van der Waals surface area contributed by atoms with Gasteiger partial charge in [0, 0.05) is 17.3 Å². The molecule has 1 N–H and O–H groups in total. The molecule has 96 valence electrons. The Labute approximate surface area is 115 Å². The molecule has 0 radical (unpaired) electrons. The van der Waals surface area contributed by atoms with Crippen molar-refractivity contribution in [3.63, 3.8) is 0 Å². The Morgan fingerprint density at radius 2 is 1.89 bits per heavy atom. The molecule has 0 aromatic heterocycles. The third-order valence-electron chi connectivity index (χ3n) is 3.02. The van der Waals surface area contributed by atoms with E-state index in [-0.39, 0.29) is 0 Å². The molecule has 2 rings (SSSR count). The molecule has 0 amide bonds. The molecular formula is C13H16BrN2O2+. The predicted octanol–water partition coefficient (Wildman–Crippen LogP) is 1.27. The molecule has 1 aromatic carbocycles. The molecule has 5 heteroatoms. The number of quaternary nitrogens is 1. The van der Waals surface area contributed by atoms with Crippen molar-refractivity contribution >= 4 is 27.6 Å². The Bertz CT molecular complexity index is 447. The number of carbonyl (C=O) groups excluding carboxylic acids is 1. The smallest absolute Gasteiger partial charge is 0.337 e. The Morgan fingerprint density at radius 1 is 1.28 bits per heavy atom. The average Bonchev–Trinajstić information content (AvgIpc) is 2.38. The lowest BCUT2D eigenvalue weighted by atomic mass is 10.1. The summed E-state index contributed by atoms with van der Waals surface area (Å²) in [5.41, 5.74) is 1.49. The summed E-state index contributed by atoms with van der Waals surface area (Å²) in [7, 11) is 2.16. The summed E-state index contributed by atoms with van der Waals surface area (Å²) in [6.45, 7) is 2.10. The van der Waals surface area contributed by atoms with Crippen LogP contribution in [0.5, 0.6) is 0 Å². The summed E-state index contributed by atoms with van der Waals surface area (Å²) >= 11 is 3.32. The maximum absolute atomic E-state index is 11.7. The normalized spacial score (nSPS) is 19.4. The number of nitrogens with zero attached hydrogens (tertiary/aromatic N) is 1. The number of halogens is 1. The molecule has 1 heterocycles. The average molecular weight is 312 g/mol. The summed E-state index contributed by atoms with van der Waals surface area (Å²) in [5.74, 6) is -0.402. The van der Waals surface area contributed by atoms with Crippen LogP contribution in [0.2, 0.25) is 0 Å². The number of hydrogen-bond acceptors (Lipinski definition) is 3. The fraction of sp³-hybridized carbons (Fsp3) is 0.385. The van der Waals surface area contributed by atoms with E-state index < -0.39 is 5.97 Å². The minimum absolute atomic E-state index is 0.402. The molecule has 1 aliphatic heterocycles. The number of hydrogen-bond donors (Lipinski definition) is 1. The maximum Gasteiger partial charge on any atom is 0.365 e. The lowest BCUT2D eigenvalue weighted by Crippen LogP contribution is -3.10. The number of likely N-dealkylation sites (tertiary alicyclic amines) is 1. The maximum atomic E-state index is 11.7. The first-order valence-corrected chi connectivity index (χ1v) is 6.78. The van der Waals surface area contributed by atoms with E-state index >= 15 is 0 Å². The van der Waals surface area contributed by atoms with Crippen LogP contribution in [0, 0.1) is 0 Å². The lowest BCUT2D eigenvalue weighted by Gasteiger charge is -2.19. The zero-order chi connectivity index (χ0) is 13.0. The van der Waals surface area contributed by atoms with Crippen molar-refractivity contribution in [2.24, 2.45) is 5.16 Å². The van der Waals surface area contributed by atoms with Crippen LogP contribution < -0.4 is 4.90 Å². The van der Waals surface area contributed by atoms with Crippen LogP contribution >= 0.6 is 15.9 Å². The molecule has 0 atom stereocenters. The van der Waals surface area contributed by atoms with E-state index in [9.17, 15) is 4.79 Å². The van der Waals surface area contributed by atoms with Gasteiger partial charge in [-0.3, -0.25) is 0 Å². The topological polar surface area (TPSA) is 43.1 Å². The Hall–Kier alpha value is -1.20. The molecule has 1 aromatic rings. The number of benzene rings is 1. The summed E-state index contributed by atoms with van der Waals surface area (Å²) in [4.78, 5) is 18.2. The summed E-state index contributed by atoms with van der Waals surface area (Å²) < 4.78 is 0.934. The molecule has 4 nitrogen and oxygen atoms in total. The van der Waals surface area contributed by atoms with Crippen LogP contribution in [0.1, 0.15) is 23.2 Å². The second-order valence-electron chi connectivity index (χ2n) is 4.50. The Morgan fingerprint density at radius 3 is 2.50 bits per heavy atom. The van der Waals surface area contributed by atoms with E-state index in [0.29, 0.717) is 5.56 Å². The van der Waals surface area contributed by atoms with Crippen LogP contribution in [0.4, 0.5) is 0 Å². The summed E-state index contributed by atoms with van der Waals surface area (Å²) in [6, 6.07) is 7.04. The van der Waals surface area contributed by atoms with Gasteiger partial charge in [-0.2, -0.15) is 0 Å². The van der Waals surface area contributed by atoms with Crippen LogP contribution in [-0.2, 0) is 4.84 Å². The van der Waals surface area contributed by atoms with Crippen molar-refractivity contribution < 1.29 is 14.5 Å². The van der Waals surface area contributed by atoms with Gasteiger partial charge in [-0.15, -0.1) is 0 Å². The SMILES string of the molecule is C[NH+]1CCC(=NOC(=O)c2ccc(Br)cc2)CC1. The van der Waals surface area contributed by atoms with Gasteiger partial charge in [0.1, 0.15) is 0 Å². The van der Waals surface area contributed by atoms with Crippen molar-refractivity contribution in [3.05, 3.63) is 34.3 Å². The van der Waals surface area contributed by atoms with Gasteiger partial charge in [0.25, 0.3) is 0 Å². The highest BCUT2D eigenvalue weighted by Crippen LogP contribution is 2.11. The first-order valence-electron chi connectivity index (χ1n) is 5.99. The van der Waals surface area contributed by atoms with Crippen LogP contribution in [0.15, 0.2) is 33.9 Å². The summed E-state index contributed by atoms with van der Waals surface area (Å²) in [6.07, 6.45) is 1.80. The standard InChI is InChI=1S/C13H15BrN2O2/c1-16-8-6-12(7-9-16)15-18-13(17)10-2-4-11(14)5-3-10/h2-5H,6-9H2,1H3/p+1. The number of carbonyl (C=O) groups is 1. The van der Waals surface area contributed by atoms with Gasteiger partial charge in [-0.25, -0.2) is 4.79 Å². The number of nitrogens with one attached hydrogen (secondary N) is 1. The fourth-order valence-electron chi connectivity index (χ4n) is 1.80. The quantitative estimate of drug-likeness (QED) is 0.660. The van der Waals surface area contributed by atoms with Gasteiger partial charge < -0.3 is 9.74 Å². The molecule has 0 spiro atoms. The van der Waals surface area contributed by atoms with E-state index in [4.69, 9.17) is 4.84 Å². The number of rotatable bonds is 2. The molecule has 1 saturated heterocycles. The van der Waals surface area contributed by atoms with E-state index in [1.165, 1.54) is 4.90 Å². The lowest BCUT2D eigenvalue weighted by molar-refractivity contribution is -0.880. The number of piperidine rings is 1. The molecular weight excluding hydrogens is 296 g/mol. The molecule has 1 aliphatic rings. The fourth-order valence-corrected chi connectivity index (χ4v) is 2.07. The van der Waals surface area contributed by atoms with Crippen molar-refractivity contribution in [3.8, 4) is 0 Å². The van der Waals surface area contributed by atoms with Crippen LogP contribution in [0.3, 0.4) is 0 Å². The molecule has 1 fully saturated rings. The van der Waals surface area contributed by atoms with Gasteiger partial charge in [0.05, 0.1) is 31.4 Å².